The first kappa shape index (κ1) is 24.7. The highest BCUT2D eigenvalue weighted by Crippen LogP contribution is 2.30. The normalized spacial score (nSPS) is 11.8. The molecule has 0 saturated heterocycles. The first-order valence-corrected chi connectivity index (χ1v) is 13.0. The van der Waals surface area contributed by atoms with Crippen LogP contribution >= 0.6 is 15.9 Å². The molecule has 0 bridgehead atoms. The molecular formula is C30H27BrN4O2. The number of nitrogens with zero attached hydrogens (tertiary/aromatic N) is 3. The Balaban J connectivity index is 1.45. The van der Waals surface area contributed by atoms with Gasteiger partial charge in [-0.15, -0.1) is 0 Å². The van der Waals surface area contributed by atoms with Crippen LogP contribution in [-0.4, -0.2) is 22.4 Å². The maximum atomic E-state index is 13.0. The van der Waals surface area contributed by atoms with Gasteiger partial charge in [-0.2, -0.15) is 0 Å². The second-order valence-corrected chi connectivity index (χ2v) is 9.76. The summed E-state index contributed by atoms with van der Waals surface area (Å²) in [5.74, 6) is 2.17. The molecule has 37 heavy (non-hydrogen) atoms. The Kier molecular flexibility index (Phi) is 7.61. The van der Waals surface area contributed by atoms with E-state index >= 15 is 0 Å². The van der Waals surface area contributed by atoms with E-state index in [1.165, 1.54) is 0 Å². The molecule has 0 fully saturated rings. The van der Waals surface area contributed by atoms with E-state index in [2.05, 4.69) is 26.1 Å². The molecule has 1 atom stereocenters. The summed E-state index contributed by atoms with van der Waals surface area (Å²) in [4.78, 5) is 24.9. The molecule has 0 aliphatic rings. The van der Waals surface area contributed by atoms with E-state index in [-0.39, 0.29) is 11.9 Å². The highest BCUT2D eigenvalue weighted by molar-refractivity contribution is 9.10. The molecule has 0 spiro atoms. The molecular weight excluding hydrogens is 528 g/mol. The van der Waals surface area contributed by atoms with Crippen molar-refractivity contribution in [3.63, 3.8) is 0 Å². The standard InChI is InChI=1S/C30H27BrN4O2/c1-21(22-9-3-2-4-10-22)32-28(36)16-17-35(20-25-13-8-18-37-25)30-26-14-5-6-15-27(26)33-29(34-30)23-11-7-12-24(31)19-23/h2-15,18-19,21H,16-17,20H2,1H3,(H,32,36)/t21-/m0/s1. The van der Waals surface area contributed by atoms with Crippen molar-refractivity contribution < 1.29 is 9.21 Å². The highest BCUT2D eigenvalue weighted by atomic mass is 79.9. The Morgan fingerprint density at radius 1 is 0.973 bits per heavy atom. The fourth-order valence-corrected chi connectivity index (χ4v) is 4.68. The van der Waals surface area contributed by atoms with Gasteiger partial charge in [-0.1, -0.05) is 70.5 Å². The molecule has 1 amide bonds. The summed E-state index contributed by atoms with van der Waals surface area (Å²) in [5.41, 5.74) is 2.83. The van der Waals surface area contributed by atoms with Gasteiger partial charge in [0.2, 0.25) is 5.91 Å². The first-order valence-electron chi connectivity index (χ1n) is 12.2. The maximum absolute atomic E-state index is 13.0. The maximum Gasteiger partial charge on any atom is 0.222 e. The van der Waals surface area contributed by atoms with Gasteiger partial charge in [-0.05, 0) is 48.9 Å². The molecule has 0 aliphatic carbocycles. The molecule has 3 aromatic carbocycles. The van der Waals surface area contributed by atoms with Crippen LogP contribution in [-0.2, 0) is 11.3 Å². The molecule has 7 heteroatoms. The van der Waals surface area contributed by atoms with Crippen molar-refractivity contribution in [1.29, 1.82) is 0 Å². The zero-order chi connectivity index (χ0) is 25.6. The third-order valence-corrected chi connectivity index (χ3v) is 6.67. The van der Waals surface area contributed by atoms with Crippen molar-refractivity contribution in [2.45, 2.75) is 25.9 Å². The van der Waals surface area contributed by atoms with E-state index in [4.69, 9.17) is 14.4 Å². The van der Waals surface area contributed by atoms with Crippen LogP contribution in [0.25, 0.3) is 22.3 Å². The number of furan rings is 1. The van der Waals surface area contributed by atoms with Crippen LogP contribution in [0, 0.1) is 0 Å². The number of nitrogens with one attached hydrogen (secondary N) is 1. The lowest BCUT2D eigenvalue weighted by molar-refractivity contribution is -0.121. The van der Waals surface area contributed by atoms with Crippen LogP contribution in [0.3, 0.4) is 0 Å². The molecule has 1 N–H and O–H groups in total. The van der Waals surface area contributed by atoms with Crippen molar-refractivity contribution >= 4 is 38.6 Å². The molecule has 186 valence electrons. The summed E-state index contributed by atoms with van der Waals surface area (Å²) in [7, 11) is 0. The Bertz CT molecular complexity index is 1490. The van der Waals surface area contributed by atoms with E-state index in [1.807, 2.05) is 97.9 Å². The third-order valence-electron chi connectivity index (χ3n) is 6.18. The first-order chi connectivity index (χ1) is 18.1. The summed E-state index contributed by atoms with van der Waals surface area (Å²) in [6.07, 6.45) is 1.97. The number of anilines is 1. The fraction of sp³-hybridized carbons (Fsp3) is 0.167. The summed E-state index contributed by atoms with van der Waals surface area (Å²) in [6.45, 7) is 2.94. The van der Waals surface area contributed by atoms with Gasteiger partial charge >= 0.3 is 0 Å². The lowest BCUT2D eigenvalue weighted by atomic mass is 10.1. The largest absolute Gasteiger partial charge is 0.467 e. The van der Waals surface area contributed by atoms with E-state index < -0.39 is 0 Å². The zero-order valence-electron chi connectivity index (χ0n) is 20.5. The number of halogens is 1. The number of carbonyl (C=O) groups is 1. The monoisotopic (exact) mass is 554 g/mol. The molecule has 5 rings (SSSR count). The van der Waals surface area contributed by atoms with E-state index in [0.717, 1.165) is 38.1 Å². The minimum absolute atomic E-state index is 0.0219. The van der Waals surface area contributed by atoms with Gasteiger partial charge in [0.1, 0.15) is 11.6 Å². The fourth-order valence-electron chi connectivity index (χ4n) is 4.28. The van der Waals surface area contributed by atoms with Gasteiger partial charge in [-0.25, -0.2) is 9.97 Å². The Morgan fingerprint density at radius 2 is 1.78 bits per heavy atom. The second kappa shape index (κ2) is 11.4. The summed E-state index contributed by atoms with van der Waals surface area (Å²) in [6, 6.07) is 29.6. The SMILES string of the molecule is C[C@H](NC(=O)CCN(Cc1ccco1)c1nc(-c2cccc(Br)c2)nc2ccccc12)c1ccccc1. The third kappa shape index (κ3) is 6.06. The quantitative estimate of drug-likeness (QED) is 0.214. The molecule has 2 heterocycles. The Labute approximate surface area is 224 Å². The van der Waals surface area contributed by atoms with Gasteiger partial charge in [0.25, 0.3) is 0 Å². The number of aromatic nitrogens is 2. The summed E-state index contributed by atoms with van der Waals surface area (Å²) < 4.78 is 6.62. The molecule has 0 saturated carbocycles. The van der Waals surface area contributed by atoms with Crippen LogP contribution in [0.2, 0.25) is 0 Å². The number of hydrogen-bond donors (Lipinski definition) is 1. The van der Waals surface area contributed by atoms with E-state index in [0.29, 0.717) is 25.3 Å². The molecule has 6 nitrogen and oxygen atoms in total. The van der Waals surface area contributed by atoms with E-state index in [9.17, 15) is 4.79 Å². The lowest BCUT2D eigenvalue weighted by Gasteiger charge is -2.25. The highest BCUT2D eigenvalue weighted by Gasteiger charge is 2.19. The number of benzene rings is 3. The molecule has 2 aromatic heterocycles. The van der Waals surface area contributed by atoms with Crippen molar-refractivity contribution in [2.75, 3.05) is 11.4 Å². The summed E-state index contributed by atoms with van der Waals surface area (Å²) >= 11 is 3.55. The van der Waals surface area contributed by atoms with Gasteiger partial charge in [0.15, 0.2) is 5.82 Å². The van der Waals surface area contributed by atoms with Crippen LogP contribution in [0.1, 0.15) is 30.7 Å². The van der Waals surface area contributed by atoms with Crippen molar-refractivity contribution in [1.82, 2.24) is 15.3 Å². The molecule has 0 aliphatic heterocycles. The zero-order valence-corrected chi connectivity index (χ0v) is 22.1. The van der Waals surface area contributed by atoms with Gasteiger partial charge in [-0.3, -0.25) is 4.79 Å². The smallest absolute Gasteiger partial charge is 0.222 e. The minimum atomic E-state index is -0.0739. The van der Waals surface area contributed by atoms with Gasteiger partial charge < -0.3 is 14.6 Å². The minimum Gasteiger partial charge on any atom is -0.467 e. The second-order valence-electron chi connectivity index (χ2n) is 8.85. The molecule has 5 aromatic rings. The molecule has 0 radical (unpaired) electrons. The average Bonchev–Trinajstić information content (AvgIpc) is 3.44. The number of amides is 1. The average molecular weight is 555 g/mol. The lowest BCUT2D eigenvalue weighted by Crippen LogP contribution is -2.32. The predicted molar refractivity (Wildman–Crippen MR) is 150 cm³/mol. The van der Waals surface area contributed by atoms with Crippen LogP contribution < -0.4 is 10.2 Å². The number of carbonyl (C=O) groups excluding carboxylic acids is 1. The van der Waals surface area contributed by atoms with Crippen molar-refractivity contribution in [3.8, 4) is 11.4 Å². The number of para-hydroxylation sites is 1. The Hall–Kier alpha value is -3.97. The van der Waals surface area contributed by atoms with Crippen LogP contribution in [0.4, 0.5) is 5.82 Å². The van der Waals surface area contributed by atoms with Crippen LogP contribution in [0.15, 0.2) is 106 Å². The van der Waals surface area contributed by atoms with Crippen molar-refractivity contribution in [3.05, 3.63) is 113 Å². The van der Waals surface area contributed by atoms with Crippen molar-refractivity contribution in [2.24, 2.45) is 0 Å². The van der Waals surface area contributed by atoms with Crippen LogP contribution in [0.5, 0.6) is 0 Å². The topological polar surface area (TPSA) is 71.3 Å². The predicted octanol–water partition coefficient (Wildman–Crippen LogP) is 6.93. The summed E-state index contributed by atoms with van der Waals surface area (Å²) in [5, 5.41) is 4.04. The Morgan fingerprint density at radius 3 is 2.57 bits per heavy atom. The number of fused-ring (bicyclic) bond motifs is 1. The van der Waals surface area contributed by atoms with Gasteiger partial charge in [0, 0.05) is 28.4 Å². The number of hydrogen-bond acceptors (Lipinski definition) is 5. The van der Waals surface area contributed by atoms with Gasteiger partial charge in [0.05, 0.1) is 24.4 Å². The number of rotatable bonds is 9. The van der Waals surface area contributed by atoms with E-state index in [1.54, 1.807) is 6.26 Å². The molecule has 0 unspecified atom stereocenters.